The van der Waals surface area contributed by atoms with Gasteiger partial charge in [-0.25, -0.2) is 4.79 Å². The number of aliphatic imine (C=N–C) groups is 1. The number of amides is 1. The zero-order chi connectivity index (χ0) is 19.1. The molecule has 25 heavy (non-hydrogen) atoms. The van der Waals surface area contributed by atoms with E-state index in [1.807, 2.05) is 34.6 Å². The molecule has 0 radical (unpaired) electrons. The summed E-state index contributed by atoms with van der Waals surface area (Å²) in [5.74, 6) is 0.739. The summed E-state index contributed by atoms with van der Waals surface area (Å²) in [6.45, 7) is 11.6. The van der Waals surface area contributed by atoms with Gasteiger partial charge in [-0.1, -0.05) is 0 Å². The lowest BCUT2D eigenvalue weighted by Gasteiger charge is -2.29. The van der Waals surface area contributed by atoms with Gasteiger partial charge in [-0.3, -0.25) is 4.99 Å². The molecule has 146 valence electrons. The van der Waals surface area contributed by atoms with Crippen molar-refractivity contribution in [2.45, 2.75) is 65.0 Å². The number of guanidine groups is 1. The first kappa shape index (κ1) is 21.5. The lowest BCUT2D eigenvalue weighted by molar-refractivity contribution is 0.0474. The van der Waals surface area contributed by atoms with Gasteiger partial charge in [-0.05, 0) is 59.3 Å². The standard InChI is InChI=1S/C18H36N4O3/c1-16(2,3)25-15(23)22-17(4,5)12-20-14(19-6)21-13-18(8-9-18)10-11-24-7/h8-13H2,1-7H3,(H,22,23)(H2,19,20,21). The van der Waals surface area contributed by atoms with E-state index < -0.39 is 17.2 Å². The van der Waals surface area contributed by atoms with Gasteiger partial charge in [0.25, 0.3) is 0 Å². The third kappa shape index (κ3) is 8.95. The van der Waals surface area contributed by atoms with Crippen molar-refractivity contribution in [3.05, 3.63) is 0 Å². The summed E-state index contributed by atoms with van der Waals surface area (Å²) in [6.07, 6.45) is 3.11. The molecule has 1 amide bonds. The van der Waals surface area contributed by atoms with E-state index in [-0.39, 0.29) is 0 Å². The highest BCUT2D eigenvalue weighted by Crippen LogP contribution is 2.48. The number of hydrogen-bond acceptors (Lipinski definition) is 4. The number of nitrogens with zero attached hydrogens (tertiary/aromatic N) is 1. The van der Waals surface area contributed by atoms with E-state index in [0.717, 1.165) is 25.5 Å². The zero-order valence-electron chi connectivity index (χ0n) is 16.9. The molecule has 1 aliphatic carbocycles. The van der Waals surface area contributed by atoms with Gasteiger partial charge in [-0.15, -0.1) is 0 Å². The van der Waals surface area contributed by atoms with Gasteiger partial charge in [0.05, 0.1) is 5.54 Å². The first-order valence-corrected chi connectivity index (χ1v) is 8.95. The highest BCUT2D eigenvalue weighted by molar-refractivity contribution is 5.80. The van der Waals surface area contributed by atoms with Crippen LogP contribution < -0.4 is 16.0 Å². The van der Waals surface area contributed by atoms with E-state index in [1.54, 1.807) is 14.2 Å². The van der Waals surface area contributed by atoms with Crippen LogP contribution >= 0.6 is 0 Å². The van der Waals surface area contributed by atoms with Crippen molar-refractivity contribution < 1.29 is 14.3 Å². The summed E-state index contributed by atoms with van der Waals surface area (Å²) in [5, 5.41) is 9.54. The molecule has 7 heteroatoms. The van der Waals surface area contributed by atoms with Crippen LogP contribution in [0.25, 0.3) is 0 Å². The average molecular weight is 357 g/mol. The van der Waals surface area contributed by atoms with Gasteiger partial charge < -0.3 is 25.4 Å². The van der Waals surface area contributed by atoms with E-state index in [1.165, 1.54) is 12.8 Å². The molecule has 7 nitrogen and oxygen atoms in total. The predicted octanol–water partition coefficient (Wildman–Crippen LogP) is 2.27. The van der Waals surface area contributed by atoms with Crippen LogP contribution in [0.4, 0.5) is 4.79 Å². The second-order valence-corrected chi connectivity index (χ2v) is 8.53. The van der Waals surface area contributed by atoms with Crippen LogP contribution in [0.5, 0.6) is 0 Å². The van der Waals surface area contributed by atoms with Crippen LogP contribution in [0, 0.1) is 5.41 Å². The molecule has 0 aliphatic heterocycles. The van der Waals surface area contributed by atoms with Gasteiger partial charge in [0, 0.05) is 33.9 Å². The monoisotopic (exact) mass is 356 g/mol. The van der Waals surface area contributed by atoms with Crippen molar-refractivity contribution in [3.8, 4) is 0 Å². The Morgan fingerprint density at radius 2 is 1.80 bits per heavy atom. The molecule has 0 atom stereocenters. The Labute approximate surface area is 152 Å². The Morgan fingerprint density at radius 1 is 1.16 bits per heavy atom. The van der Waals surface area contributed by atoms with E-state index in [4.69, 9.17) is 9.47 Å². The third-order valence-corrected chi connectivity index (χ3v) is 4.19. The SMILES string of the molecule is CN=C(NCC1(CCOC)CC1)NCC(C)(C)NC(=O)OC(C)(C)C. The number of carbonyl (C=O) groups is 1. The van der Waals surface area contributed by atoms with Crippen molar-refractivity contribution in [2.24, 2.45) is 10.4 Å². The van der Waals surface area contributed by atoms with E-state index in [0.29, 0.717) is 12.0 Å². The molecule has 1 aliphatic rings. The smallest absolute Gasteiger partial charge is 0.408 e. The number of methoxy groups -OCH3 is 1. The second kappa shape index (κ2) is 8.74. The fourth-order valence-electron chi connectivity index (χ4n) is 2.43. The Morgan fingerprint density at radius 3 is 2.28 bits per heavy atom. The summed E-state index contributed by atoms with van der Waals surface area (Å²) < 4.78 is 10.5. The van der Waals surface area contributed by atoms with Gasteiger partial charge in [-0.2, -0.15) is 0 Å². The Hall–Kier alpha value is -1.50. The van der Waals surface area contributed by atoms with Crippen LogP contribution in [-0.4, -0.2) is 57.0 Å². The molecule has 1 saturated carbocycles. The molecular formula is C18H36N4O3. The minimum atomic E-state index is -0.508. The summed E-state index contributed by atoms with van der Waals surface area (Å²) in [4.78, 5) is 16.2. The fourth-order valence-corrected chi connectivity index (χ4v) is 2.43. The molecule has 0 unspecified atom stereocenters. The van der Waals surface area contributed by atoms with Crippen LogP contribution in [0.1, 0.15) is 53.9 Å². The third-order valence-electron chi connectivity index (χ3n) is 4.19. The lowest BCUT2D eigenvalue weighted by Crippen LogP contribution is -2.54. The molecule has 0 bridgehead atoms. The van der Waals surface area contributed by atoms with E-state index >= 15 is 0 Å². The van der Waals surface area contributed by atoms with Crippen LogP contribution in [-0.2, 0) is 9.47 Å². The van der Waals surface area contributed by atoms with Gasteiger partial charge in [0.2, 0.25) is 0 Å². The first-order chi connectivity index (χ1) is 11.5. The molecule has 0 spiro atoms. The molecule has 0 aromatic rings. The maximum absolute atomic E-state index is 11.9. The summed E-state index contributed by atoms with van der Waals surface area (Å²) in [7, 11) is 3.49. The minimum absolute atomic E-state index is 0.345. The van der Waals surface area contributed by atoms with Gasteiger partial charge >= 0.3 is 6.09 Å². The number of ether oxygens (including phenoxy) is 2. The molecule has 0 heterocycles. The Balaban J connectivity index is 2.39. The molecule has 0 aromatic heterocycles. The molecule has 1 fully saturated rings. The summed E-state index contributed by atoms with van der Waals surface area (Å²) in [5.41, 5.74) is -0.628. The van der Waals surface area contributed by atoms with Gasteiger partial charge in [0.1, 0.15) is 5.60 Å². The first-order valence-electron chi connectivity index (χ1n) is 8.95. The summed E-state index contributed by atoms with van der Waals surface area (Å²) in [6, 6.07) is 0. The van der Waals surface area contributed by atoms with Crippen LogP contribution in [0.2, 0.25) is 0 Å². The number of carbonyl (C=O) groups excluding carboxylic acids is 1. The van der Waals surface area contributed by atoms with Crippen molar-refractivity contribution in [2.75, 3.05) is 33.9 Å². The van der Waals surface area contributed by atoms with Crippen LogP contribution in [0.15, 0.2) is 4.99 Å². The highest BCUT2D eigenvalue weighted by Gasteiger charge is 2.41. The Kier molecular flexibility index (Phi) is 7.53. The Bertz CT molecular complexity index is 465. The summed E-state index contributed by atoms with van der Waals surface area (Å²) >= 11 is 0. The molecule has 0 saturated heterocycles. The van der Waals surface area contributed by atoms with Crippen molar-refractivity contribution in [1.82, 2.24) is 16.0 Å². The second-order valence-electron chi connectivity index (χ2n) is 8.53. The molecular weight excluding hydrogens is 320 g/mol. The number of hydrogen-bond donors (Lipinski definition) is 3. The van der Waals surface area contributed by atoms with E-state index in [9.17, 15) is 4.79 Å². The number of nitrogens with one attached hydrogen (secondary N) is 3. The quantitative estimate of drug-likeness (QED) is 0.459. The van der Waals surface area contributed by atoms with Gasteiger partial charge in [0.15, 0.2) is 5.96 Å². The lowest BCUT2D eigenvalue weighted by atomic mass is 10.0. The predicted molar refractivity (Wildman–Crippen MR) is 101 cm³/mol. The van der Waals surface area contributed by atoms with Crippen molar-refractivity contribution in [3.63, 3.8) is 0 Å². The number of rotatable bonds is 8. The molecule has 3 N–H and O–H groups in total. The normalized spacial score (nSPS) is 17.0. The van der Waals surface area contributed by atoms with Crippen molar-refractivity contribution >= 4 is 12.1 Å². The maximum Gasteiger partial charge on any atom is 0.408 e. The highest BCUT2D eigenvalue weighted by atomic mass is 16.6. The zero-order valence-corrected chi connectivity index (χ0v) is 16.9. The number of alkyl carbamates (subject to hydrolysis) is 1. The van der Waals surface area contributed by atoms with Crippen molar-refractivity contribution in [1.29, 1.82) is 0 Å². The largest absolute Gasteiger partial charge is 0.444 e. The topological polar surface area (TPSA) is 84.0 Å². The van der Waals surface area contributed by atoms with Crippen LogP contribution in [0.3, 0.4) is 0 Å². The van der Waals surface area contributed by atoms with E-state index in [2.05, 4.69) is 20.9 Å². The fraction of sp³-hybridized carbons (Fsp3) is 0.889. The maximum atomic E-state index is 11.9. The minimum Gasteiger partial charge on any atom is -0.444 e. The molecule has 0 aromatic carbocycles. The molecule has 1 rings (SSSR count). The average Bonchev–Trinajstić information content (AvgIpc) is 3.23.